The molecule has 82 valence electrons. The van der Waals surface area contributed by atoms with Gasteiger partial charge >= 0.3 is 0 Å². The van der Waals surface area contributed by atoms with Crippen LogP contribution in [-0.4, -0.2) is 0 Å². The summed E-state index contributed by atoms with van der Waals surface area (Å²) in [5.41, 5.74) is 3.13. The minimum Gasteiger partial charge on any atom is -0.201 e. The van der Waals surface area contributed by atoms with Gasteiger partial charge in [-0.05, 0) is 38.3 Å². The van der Waals surface area contributed by atoms with Crippen molar-refractivity contribution in [2.24, 2.45) is 7.05 Å². The molecule has 1 heterocycles. The van der Waals surface area contributed by atoms with E-state index < -0.39 is 13.7 Å². The molecule has 0 bridgehead atoms. The minimum absolute atomic E-state index is 0.274. The second kappa shape index (κ2) is 4.09. The fourth-order valence-electron chi connectivity index (χ4n) is 1.84. The van der Waals surface area contributed by atoms with Crippen molar-refractivity contribution in [2.75, 3.05) is 0 Å². The van der Waals surface area contributed by atoms with Crippen LogP contribution in [0.4, 0.5) is 0 Å². The molecule has 1 aromatic carbocycles. The van der Waals surface area contributed by atoms with Gasteiger partial charge in [0.1, 0.15) is 7.05 Å². The summed E-state index contributed by atoms with van der Waals surface area (Å²) in [4.78, 5) is 0. The molecule has 0 radical (unpaired) electrons. The van der Waals surface area contributed by atoms with Gasteiger partial charge in [-0.15, -0.1) is 0 Å². The van der Waals surface area contributed by atoms with Gasteiger partial charge in [-0.3, -0.25) is 0 Å². The highest BCUT2D eigenvalue weighted by Crippen LogP contribution is 2.21. The van der Waals surface area contributed by atoms with Crippen LogP contribution in [0.1, 0.15) is 24.9 Å². The van der Waals surface area contributed by atoms with E-state index in [9.17, 15) is 0 Å². The molecule has 0 atom stereocenters. The van der Waals surface area contributed by atoms with Crippen molar-refractivity contribution in [1.29, 1.82) is 0 Å². The van der Waals surface area contributed by atoms with Crippen molar-refractivity contribution in [3.8, 4) is 11.3 Å². The van der Waals surface area contributed by atoms with Crippen LogP contribution in [0.2, 0.25) is 0 Å². The zero-order chi connectivity index (χ0) is 16.7. The predicted octanol–water partition coefficient (Wildman–Crippen LogP) is 3.10. The van der Waals surface area contributed by atoms with Gasteiger partial charge in [0.15, 0.2) is 6.20 Å². The number of aromatic nitrogens is 1. The van der Waals surface area contributed by atoms with Crippen molar-refractivity contribution in [3.63, 3.8) is 0 Å². The number of rotatable bonds is 1. The predicted molar refractivity (Wildman–Crippen MR) is 67.3 cm³/mol. The number of hydrogen-bond acceptors (Lipinski definition) is 0. The molecule has 1 nitrogen and oxygen atoms in total. The molecule has 2 rings (SSSR count). The molecule has 0 spiro atoms. The standard InChI is InChI=1S/C15H18N/c1-11-5-7-14(13(3)9-11)15-8-6-12(2)10-16(15)4/h5-10H,1-4H3/q+1/i1D3,2D3. The van der Waals surface area contributed by atoms with Gasteiger partial charge < -0.3 is 0 Å². The largest absolute Gasteiger partial charge is 0.212 e. The molecule has 1 aromatic heterocycles. The molecule has 0 N–H and O–H groups in total. The zero-order valence-corrected chi connectivity index (χ0v) is 9.41. The lowest BCUT2D eigenvalue weighted by Gasteiger charge is -2.05. The van der Waals surface area contributed by atoms with Crippen molar-refractivity contribution in [1.82, 2.24) is 0 Å². The second-order valence-electron chi connectivity index (χ2n) is 3.94. The summed E-state index contributed by atoms with van der Waals surface area (Å²) in [6.07, 6.45) is 1.58. The van der Waals surface area contributed by atoms with Crippen LogP contribution < -0.4 is 4.57 Å². The van der Waals surface area contributed by atoms with Crippen LogP contribution in [0, 0.1) is 20.6 Å². The highest BCUT2D eigenvalue weighted by Gasteiger charge is 2.11. The number of hydrogen-bond donors (Lipinski definition) is 0. The number of pyridine rings is 1. The van der Waals surface area contributed by atoms with E-state index in [1.807, 2.05) is 6.92 Å². The molecule has 0 saturated heterocycles. The average molecular weight is 218 g/mol. The van der Waals surface area contributed by atoms with Gasteiger partial charge in [-0.25, -0.2) is 4.57 Å². The Morgan fingerprint density at radius 1 is 1.06 bits per heavy atom. The van der Waals surface area contributed by atoms with Crippen molar-refractivity contribution < 1.29 is 12.8 Å². The quantitative estimate of drug-likeness (QED) is 0.648. The van der Waals surface area contributed by atoms with Gasteiger partial charge in [0.05, 0.1) is 0 Å². The Morgan fingerprint density at radius 3 is 2.44 bits per heavy atom. The molecule has 1 heteroatoms. The monoisotopic (exact) mass is 218 g/mol. The first-order chi connectivity index (χ1) is 10.00. The number of aryl methyl sites for hydroxylation is 4. The summed E-state index contributed by atoms with van der Waals surface area (Å²) in [5, 5.41) is 0. The minimum atomic E-state index is -2.14. The average Bonchev–Trinajstić information content (AvgIpc) is 2.37. The Balaban J connectivity index is 2.49. The Bertz CT molecular complexity index is 639. The summed E-state index contributed by atoms with van der Waals surface area (Å²) < 4.78 is 46.4. The van der Waals surface area contributed by atoms with Crippen LogP contribution in [0.25, 0.3) is 11.3 Å². The normalized spacial score (nSPS) is 17.6. The summed E-state index contributed by atoms with van der Waals surface area (Å²) in [6, 6.07) is 8.34. The summed E-state index contributed by atoms with van der Waals surface area (Å²) in [6.45, 7) is -2.42. The number of benzene rings is 1. The Labute approximate surface area is 106 Å². The van der Waals surface area contributed by atoms with E-state index in [0.29, 0.717) is 5.56 Å². The topological polar surface area (TPSA) is 3.88 Å². The van der Waals surface area contributed by atoms with E-state index in [2.05, 4.69) is 0 Å². The maximum absolute atomic E-state index is 7.45. The smallest absolute Gasteiger partial charge is 0.201 e. The Morgan fingerprint density at radius 2 is 1.81 bits per heavy atom. The van der Waals surface area contributed by atoms with Crippen molar-refractivity contribution >= 4 is 0 Å². The van der Waals surface area contributed by atoms with Crippen molar-refractivity contribution in [3.05, 3.63) is 53.2 Å². The van der Waals surface area contributed by atoms with Crippen LogP contribution in [-0.2, 0) is 7.05 Å². The maximum Gasteiger partial charge on any atom is 0.212 e. The van der Waals surface area contributed by atoms with E-state index in [1.54, 1.807) is 48.1 Å². The van der Waals surface area contributed by atoms with Gasteiger partial charge in [0, 0.05) is 25.4 Å². The SMILES string of the molecule is [2H]C([2H])([2H])c1ccc(-c2ccc(C([2H])([2H])[2H])c[n+]2C)c(C)c1. The first-order valence-electron chi connectivity index (χ1n) is 8.12. The summed E-state index contributed by atoms with van der Waals surface area (Å²) >= 11 is 0. The maximum atomic E-state index is 7.45. The molecule has 0 fully saturated rings. The van der Waals surface area contributed by atoms with E-state index in [0.717, 1.165) is 16.8 Å². The molecule has 0 aliphatic heterocycles. The van der Waals surface area contributed by atoms with E-state index in [-0.39, 0.29) is 5.56 Å². The Hall–Kier alpha value is -1.63. The van der Waals surface area contributed by atoms with Crippen LogP contribution in [0.15, 0.2) is 36.5 Å². The fraction of sp³-hybridized carbons (Fsp3) is 0.267. The summed E-state index contributed by atoms with van der Waals surface area (Å²) in [5.74, 6) is 0. The molecular weight excluding hydrogens is 194 g/mol. The highest BCUT2D eigenvalue weighted by molar-refractivity contribution is 5.61. The highest BCUT2D eigenvalue weighted by atomic mass is 14.9. The van der Waals surface area contributed by atoms with Gasteiger partial charge in [-0.1, -0.05) is 17.7 Å². The third-order valence-corrected chi connectivity index (χ3v) is 2.64. The van der Waals surface area contributed by atoms with Gasteiger partial charge in [0.25, 0.3) is 0 Å². The van der Waals surface area contributed by atoms with E-state index >= 15 is 0 Å². The second-order valence-corrected chi connectivity index (χ2v) is 3.94. The van der Waals surface area contributed by atoms with Crippen molar-refractivity contribution in [2.45, 2.75) is 20.6 Å². The van der Waals surface area contributed by atoms with Crippen LogP contribution in [0.5, 0.6) is 0 Å². The lowest BCUT2D eigenvalue weighted by atomic mass is 10.0. The molecular formula is C15H18N+. The van der Waals surface area contributed by atoms with Crippen LogP contribution >= 0.6 is 0 Å². The van der Waals surface area contributed by atoms with Crippen LogP contribution in [0.3, 0.4) is 0 Å². The fourth-order valence-corrected chi connectivity index (χ4v) is 1.84. The first-order valence-corrected chi connectivity index (χ1v) is 5.12. The third-order valence-electron chi connectivity index (χ3n) is 2.64. The molecule has 2 aromatic rings. The molecule has 0 saturated carbocycles. The zero-order valence-electron chi connectivity index (χ0n) is 15.4. The molecule has 0 aliphatic carbocycles. The molecule has 16 heavy (non-hydrogen) atoms. The molecule has 0 amide bonds. The third kappa shape index (κ3) is 1.99. The molecule has 0 unspecified atom stereocenters. The van der Waals surface area contributed by atoms with E-state index in [4.69, 9.17) is 8.22 Å². The van der Waals surface area contributed by atoms with Gasteiger partial charge in [-0.2, -0.15) is 0 Å². The Kier molecular flexibility index (Phi) is 1.44. The lowest BCUT2D eigenvalue weighted by molar-refractivity contribution is -0.660. The lowest BCUT2D eigenvalue weighted by Crippen LogP contribution is -2.31. The molecule has 0 aliphatic rings. The van der Waals surface area contributed by atoms with Gasteiger partial charge in [0.2, 0.25) is 5.69 Å². The number of nitrogens with zero attached hydrogens (tertiary/aromatic N) is 1. The first kappa shape index (κ1) is 5.62. The summed E-state index contributed by atoms with van der Waals surface area (Å²) in [7, 11) is 1.78. The van der Waals surface area contributed by atoms with E-state index in [1.165, 1.54) is 0 Å².